The van der Waals surface area contributed by atoms with Crippen LogP contribution in [0.5, 0.6) is 0 Å². The first-order valence-corrected chi connectivity index (χ1v) is 6.18. The highest BCUT2D eigenvalue weighted by atomic mass is 35.5. The Morgan fingerprint density at radius 1 is 1.31 bits per heavy atom. The maximum absolute atomic E-state index is 6.01. The minimum absolute atomic E-state index is 0.262. The Hall–Kier alpha value is -0.280. The van der Waals surface area contributed by atoms with Gasteiger partial charge in [-0.1, -0.05) is 36.2 Å². The fraction of sp³-hybridized carbons (Fsp3) is 0.500. The molecule has 0 aromatic heterocycles. The van der Waals surface area contributed by atoms with Crippen molar-refractivity contribution in [2.45, 2.75) is 19.4 Å². The summed E-state index contributed by atoms with van der Waals surface area (Å²) in [5.74, 6) is 0.465. The van der Waals surface area contributed by atoms with Crippen molar-refractivity contribution in [1.29, 1.82) is 0 Å². The van der Waals surface area contributed by atoms with E-state index >= 15 is 0 Å². The molecule has 4 heteroatoms. The van der Waals surface area contributed by atoms with Crippen molar-refractivity contribution in [2.75, 3.05) is 13.6 Å². The molecule has 0 saturated carbocycles. The SMILES string of the molecule is CNC(c1ccc(Cl)c(Cl)c1)C(C)CCN. The normalized spacial score (nSPS) is 14.8. The highest BCUT2D eigenvalue weighted by Crippen LogP contribution is 2.29. The summed E-state index contributed by atoms with van der Waals surface area (Å²) in [4.78, 5) is 0. The van der Waals surface area contributed by atoms with Gasteiger partial charge in [-0.15, -0.1) is 0 Å². The molecule has 90 valence electrons. The predicted molar refractivity (Wildman–Crippen MR) is 71.1 cm³/mol. The summed E-state index contributed by atoms with van der Waals surface area (Å²) < 4.78 is 0. The number of halogens is 2. The van der Waals surface area contributed by atoms with Crippen LogP contribution in [0.1, 0.15) is 24.9 Å². The van der Waals surface area contributed by atoms with E-state index in [2.05, 4.69) is 12.2 Å². The topological polar surface area (TPSA) is 38.0 Å². The lowest BCUT2D eigenvalue weighted by atomic mass is 9.92. The molecule has 3 N–H and O–H groups in total. The first kappa shape index (κ1) is 13.8. The zero-order valence-electron chi connectivity index (χ0n) is 9.63. The number of rotatable bonds is 5. The van der Waals surface area contributed by atoms with Crippen molar-refractivity contribution in [3.63, 3.8) is 0 Å². The van der Waals surface area contributed by atoms with Gasteiger partial charge in [-0.2, -0.15) is 0 Å². The molecule has 0 aliphatic rings. The standard InChI is InChI=1S/C12H18Cl2N2/c1-8(5-6-15)12(16-2)9-3-4-10(13)11(14)7-9/h3-4,7-8,12,16H,5-6,15H2,1-2H3. The molecule has 0 aliphatic carbocycles. The minimum Gasteiger partial charge on any atom is -0.330 e. The molecule has 0 amide bonds. The van der Waals surface area contributed by atoms with Gasteiger partial charge >= 0.3 is 0 Å². The average Bonchev–Trinajstić information content (AvgIpc) is 2.25. The number of nitrogens with two attached hydrogens (primary N) is 1. The van der Waals surface area contributed by atoms with Crippen LogP contribution < -0.4 is 11.1 Å². The fourth-order valence-electron chi connectivity index (χ4n) is 1.92. The zero-order chi connectivity index (χ0) is 12.1. The third-order valence-electron chi connectivity index (χ3n) is 2.80. The van der Waals surface area contributed by atoms with Crippen molar-refractivity contribution in [2.24, 2.45) is 11.7 Å². The van der Waals surface area contributed by atoms with E-state index in [1.165, 1.54) is 0 Å². The van der Waals surface area contributed by atoms with Gasteiger partial charge in [0, 0.05) is 6.04 Å². The number of hydrogen-bond donors (Lipinski definition) is 2. The highest BCUT2D eigenvalue weighted by Gasteiger charge is 2.17. The maximum atomic E-state index is 6.01. The van der Waals surface area contributed by atoms with Gasteiger partial charge in [0.2, 0.25) is 0 Å². The molecule has 2 unspecified atom stereocenters. The fourth-order valence-corrected chi connectivity index (χ4v) is 2.22. The van der Waals surface area contributed by atoms with Crippen LogP contribution in [-0.2, 0) is 0 Å². The van der Waals surface area contributed by atoms with Crippen molar-refractivity contribution in [1.82, 2.24) is 5.32 Å². The molecule has 2 atom stereocenters. The molecule has 2 nitrogen and oxygen atoms in total. The van der Waals surface area contributed by atoms with Gasteiger partial charge in [0.1, 0.15) is 0 Å². The third kappa shape index (κ3) is 3.36. The quantitative estimate of drug-likeness (QED) is 0.853. The number of nitrogens with one attached hydrogen (secondary N) is 1. The van der Waals surface area contributed by atoms with Crippen LogP contribution in [0.3, 0.4) is 0 Å². The van der Waals surface area contributed by atoms with Crippen LogP contribution in [-0.4, -0.2) is 13.6 Å². The Labute approximate surface area is 107 Å². The summed E-state index contributed by atoms with van der Waals surface area (Å²) >= 11 is 11.9. The Kier molecular flexibility index (Phi) is 5.56. The summed E-state index contributed by atoms with van der Waals surface area (Å²) in [6.07, 6.45) is 0.978. The molecule has 0 heterocycles. The molecule has 1 aromatic carbocycles. The molecule has 0 fully saturated rings. The van der Waals surface area contributed by atoms with Gasteiger partial charge in [0.15, 0.2) is 0 Å². The van der Waals surface area contributed by atoms with Gasteiger partial charge in [-0.3, -0.25) is 0 Å². The molecule has 16 heavy (non-hydrogen) atoms. The first-order valence-electron chi connectivity index (χ1n) is 5.42. The Morgan fingerprint density at radius 2 is 2.00 bits per heavy atom. The van der Waals surface area contributed by atoms with Crippen LogP contribution in [0.15, 0.2) is 18.2 Å². The molecule has 1 rings (SSSR count). The summed E-state index contributed by atoms with van der Waals surface area (Å²) in [5, 5.41) is 4.48. The molecular weight excluding hydrogens is 243 g/mol. The van der Waals surface area contributed by atoms with E-state index in [0.29, 0.717) is 22.5 Å². The molecule has 0 radical (unpaired) electrons. The van der Waals surface area contributed by atoms with Gasteiger partial charge in [0.05, 0.1) is 10.0 Å². The maximum Gasteiger partial charge on any atom is 0.0595 e. The van der Waals surface area contributed by atoms with E-state index in [4.69, 9.17) is 28.9 Å². The van der Waals surface area contributed by atoms with Gasteiger partial charge in [-0.05, 0) is 43.6 Å². The molecule has 0 spiro atoms. The van der Waals surface area contributed by atoms with Gasteiger partial charge in [0.25, 0.3) is 0 Å². The second-order valence-corrected chi connectivity index (χ2v) is 4.81. The second kappa shape index (κ2) is 6.45. The smallest absolute Gasteiger partial charge is 0.0595 e. The second-order valence-electron chi connectivity index (χ2n) is 3.99. The minimum atomic E-state index is 0.262. The lowest BCUT2D eigenvalue weighted by Crippen LogP contribution is -2.25. The van der Waals surface area contributed by atoms with Crippen LogP contribution in [0.4, 0.5) is 0 Å². The largest absolute Gasteiger partial charge is 0.330 e. The summed E-state index contributed by atoms with van der Waals surface area (Å²) in [5.41, 5.74) is 6.73. The third-order valence-corrected chi connectivity index (χ3v) is 3.54. The molecule has 1 aromatic rings. The van der Waals surface area contributed by atoms with Crippen LogP contribution in [0.25, 0.3) is 0 Å². The van der Waals surface area contributed by atoms with E-state index in [1.807, 2.05) is 25.2 Å². The average molecular weight is 261 g/mol. The van der Waals surface area contributed by atoms with Crippen molar-refractivity contribution >= 4 is 23.2 Å². The van der Waals surface area contributed by atoms with Gasteiger partial charge in [-0.25, -0.2) is 0 Å². The molecule has 0 aliphatic heterocycles. The summed E-state index contributed by atoms with van der Waals surface area (Å²) in [6.45, 7) is 2.87. The Morgan fingerprint density at radius 3 is 2.50 bits per heavy atom. The van der Waals surface area contributed by atoms with Gasteiger partial charge < -0.3 is 11.1 Å². The van der Waals surface area contributed by atoms with Crippen LogP contribution >= 0.6 is 23.2 Å². The summed E-state index contributed by atoms with van der Waals surface area (Å²) in [6, 6.07) is 6.01. The molecular formula is C12H18Cl2N2. The predicted octanol–water partition coefficient (Wildman–Crippen LogP) is 3.24. The summed E-state index contributed by atoms with van der Waals surface area (Å²) in [7, 11) is 1.94. The monoisotopic (exact) mass is 260 g/mol. The Bertz CT molecular complexity index is 342. The number of hydrogen-bond acceptors (Lipinski definition) is 2. The lowest BCUT2D eigenvalue weighted by Gasteiger charge is -2.24. The molecule has 0 saturated heterocycles. The molecule has 0 bridgehead atoms. The highest BCUT2D eigenvalue weighted by molar-refractivity contribution is 6.42. The van der Waals surface area contributed by atoms with E-state index < -0.39 is 0 Å². The first-order chi connectivity index (χ1) is 7.60. The van der Waals surface area contributed by atoms with E-state index in [9.17, 15) is 0 Å². The van der Waals surface area contributed by atoms with Crippen LogP contribution in [0.2, 0.25) is 10.0 Å². The van der Waals surface area contributed by atoms with E-state index in [0.717, 1.165) is 12.0 Å². The van der Waals surface area contributed by atoms with E-state index in [1.54, 1.807) is 0 Å². The number of benzene rings is 1. The van der Waals surface area contributed by atoms with E-state index in [-0.39, 0.29) is 6.04 Å². The van der Waals surface area contributed by atoms with Crippen molar-refractivity contribution < 1.29 is 0 Å². The van der Waals surface area contributed by atoms with Crippen molar-refractivity contribution in [3.05, 3.63) is 33.8 Å². The Balaban J connectivity index is 2.90. The van der Waals surface area contributed by atoms with Crippen molar-refractivity contribution in [3.8, 4) is 0 Å². The lowest BCUT2D eigenvalue weighted by molar-refractivity contribution is 0.392. The van der Waals surface area contributed by atoms with Crippen LogP contribution in [0, 0.1) is 5.92 Å². The zero-order valence-corrected chi connectivity index (χ0v) is 11.1.